The van der Waals surface area contributed by atoms with Crippen LogP contribution < -0.4 is 8.48 Å². The van der Waals surface area contributed by atoms with E-state index >= 15 is 0 Å². The van der Waals surface area contributed by atoms with Gasteiger partial charge in [0.25, 0.3) is 0 Å². The number of imidazole rings is 1. The van der Waals surface area contributed by atoms with E-state index in [0.29, 0.717) is 10.4 Å². The van der Waals surface area contributed by atoms with Crippen molar-refractivity contribution in [3.8, 4) is 0 Å². The minimum atomic E-state index is -2.48. The Hall–Kier alpha value is -2.30. The van der Waals surface area contributed by atoms with Crippen LogP contribution in [0.15, 0.2) is 18.2 Å². The van der Waals surface area contributed by atoms with Crippen molar-refractivity contribution in [2.75, 3.05) is 4.90 Å². The average molecular weight is 540 g/mol. The van der Waals surface area contributed by atoms with Crippen molar-refractivity contribution in [2.45, 2.75) is 67.6 Å². The molecule has 2 aromatic rings. The Kier molecular flexibility index (Phi) is 6.70. The first-order chi connectivity index (χ1) is 13.9. The number of hydrogen-bond donors (Lipinski definition) is 1. The Morgan fingerprint density at radius 2 is 1.45 bits per heavy atom. The molecule has 0 atom stereocenters. The molecule has 0 bridgehead atoms. The predicted octanol–water partition coefficient (Wildman–Crippen LogP) is 4.78. The molecule has 0 saturated carbocycles. The molecule has 31 heavy (non-hydrogen) atoms. The van der Waals surface area contributed by atoms with Crippen LogP contribution in [0.1, 0.15) is 41.5 Å². The zero-order valence-corrected chi connectivity index (χ0v) is 22.4. The molecule has 0 radical (unpaired) electrons. The normalized spacial score (nSPS) is 12.5. The summed E-state index contributed by atoms with van der Waals surface area (Å²) in [5.41, 5.74) is -1.21. The van der Waals surface area contributed by atoms with E-state index < -0.39 is 53.8 Å². The summed E-state index contributed by atoms with van der Waals surface area (Å²) in [7, 11) is 0. The third-order valence-corrected chi connectivity index (χ3v) is 9.88. The Labute approximate surface area is 186 Å². The molecule has 0 fully saturated rings. The fraction of sp³-hybridized carbons (Fsp3) is 0.524. The van der Waals surface area contributed by atoms with Crippen molar-refractivity contribution in [3.63, 3.8) is 0 Å². The van der Waals surface area contributed by atoms with Gasteiger partial charge < -0.3 is 0 Å². The molecule has 0 aliphatic carbocycles. The fourth-order valence-electron chi connectivity index (χ4n) is 2.73. The van der Waals surface area contributed by atoms with Gasteiger partial charge in [-0.1, -0.05) is 0 Å². The van der Waals surface area contributed by atoms with Crippen LogP contribution in [-0.4, -0.2) is 62.5 Å². The molecule has 9 nitrogen and oxygen atoms in total. The Balaban J connectivity index is 2.74. The Morgan fingerprint density at radius 3 is 1.84 bits per heavy atom. The number of nitrogens with zero attached hydrogens (tertiary/aromatic N) is 3. The van der Waals surface area contributed by atoms with Crippen LogP contribution in [0.2, 0.25) is 14.8 Å². The number of carbonyl (C=O) groups is 3. The van der Waals surface area contributed by atoms with Crippen LogP contribution >= 0.6 is 0 Å². The second-order valence-corrected chi connectivity index (χ2v) is 24.8. The van der Waals surface area contributed by atoms with Gasteiger partial charge >= 0.3 is 186 Å². The van der Waals surface area contributed by atoms with Gasteiger partial charge in [-0.25, -0.2) is 0 Å². The molecule has 1 N–H and O–H groups in total. The van der Waals surface area contributed by atoms with Crippen molar-refractivity contribution in [3.05, 3.63) is 18.2 Å². The van der Waals surface area contributed by atoms with Gasteiger partial charge in [0.1, 0.15) is 0 Å². The number of rotatable bonds is 2. The van der Waals surface area contributed by atoms with Crippen LogP contribution in [-0.2, 0) is 9.47 Å². The fourth-order valence-corrected chi connectivity index (χ4v) is 6.02. The van der Waals surface area contributed by atoms with Crippen molar-refractivity contribution in [1.82, 2.24) is 9.55 Å². The third-order valence-electron chi connectivity index (χ3n) is 4.05. The summed E-state index contributed by atoms with van der Waals surface area (Å²) in [6.07, 6.45) is -3.54. The standard InChI is InChI=1S/C18H22N3O6.3CH3.Sn/c1-17(2,3)26-15(24)21(16(25)27-18(4,5)6)13-19-11-9-7-8-10-12(11)20(13)14(22)23;;;;/h8-10H,1-6H3,(H,22,23);3*1H3;. The molecule has 0 spiro atoms. The van der Waals surface area contributed by atoms with Gasteiger partial charge in [-0.3, -0.25) is 0 Å². The van der Waals surface area contributed by atoms with Gasteiger partial charge in [0.2, 0.25) is 0 Å². The Bertz CT molecular complexity index is 997. The minimum absolute atomic E-state index is 0.263. The number of amides is 2. The second-order valence-electron chi connectivity index (χ2n) is 10.3. The number of benzene rings is 1. The number of ether oxygens (including phenoxy) is 2. The number of carbonyl (C=O) groups excluding carboxylic acids is 2. The quantitative estimate of drug-likeness (QED) is 0.546. The Morgan fingerprint density at radius 1 is 0.968 bits per heavy atom. The maximum atomic E-state index is 12.9. The van der Waals surface area contributed by atoms with Gasteiger partial charge in [-0.15, -0.1) is 0 Å². The van der Waals surface area contributed by atoms with Crippen LogP contribution in [0.5, 0.6) is 0 Å². The summed E-state index contributed by atoms with van der Waals surface area (Å²) < 4.78 is 12.6. The molecule has 0 aliphatic heterocycles. The molecular weight excluding hydrogens is 509 g/mol. The number of fused-ring (bicyclic) bond motifs is 1. The van der Waals surface area contributed by atoms with Crippen molar-refractivity contribution in [2.24, 2.45) is 0 Å². The van der Waals surface area contributed by atoms with E-state index in [0.717, 1.165) is 8.15 Å². The topological polar surface area (TPSA) is 111 Å². The third kappa shape index (κ3) is 6.11. The molecule has 1 heterocycles. The van der Waals surface area contributed by atoms with Gasteiger partial charge in [-0.05, 0) is 0 Å². The summed E-state index contributed by atoms with van der Waals surface area (Å²) in [4.78, 5) is 49.5. The summed E-state index contributed by atoms with van der Waals surface area (Å²) in [5.74, 6) is -0.396. The van der Waals surface area contributed by atoms with E-state index in [-0.39, 0.29) is 5.52 Å². The first kappa shape index (κ1) is 25.0. The number of anilines is 1. The summed E-state index contributed by atoms with van der Waals surface area (Å²) in [6, 6.07) is 5.37. The van der Waals surface area contributed by atoms with Gasteiger partial charge in [0, 0.05) is 0 Å². The molecule has 0 saturated heterocycles. The molecule has 0 aliphatic rings. The van der Waals surface area contributed by atoms with E-state index in [1.165, 1.54) is 0 Å². The van der Waals surface area contributed by atoms with Crippen molar-refractivity contribution in [1.29, 1.82) is 0 Å². The van der Waals surface area contributed by atoms with Crippen LogP contribution in [0, 0.1) is 0 Å². The van der Waals surface area contributed by atoms with Crippen molar-refractivity contribution < 1.29 is 29.0 Å². The molecule has 2 rings (SSSR count). The number of imide groups is 1. The first-order valence-corrected chi connectivity index (χ1v) is 19.9. The molecule has 2 amide bonds. The number of aromatic nitrogens is 2. The van der Waals surface area contributed by atoms with E-state index in [4.69, 9.17) is 9.47 Å². The van der Waals surface area contributed by atoms with E-state index in [1.54, 1.807) is 47.6 Å². The summed E-state index contributed by atoms with van der Waals surface area (Å²) in [5, 5.41) is 9.86. The van der Waals surface area contributed by atoms with E-state index in [9.17, 15) is 19.5 Å². The van der Waals surface area contributed by atoms with Gasteiger partial charge in [-0.2, -0.15) is 0 Å². The zero-order valence-electron chi connectivity index (χ0n) is 19.6. The maximum absolute atomic E-state index is 12.9. The van der Waals surface area contributed by atoms with Crippen molar-refractivity contribution >= 4 is 57.2 Å². The van der Waals surface area contributed by atoms with E-state index in [2.05, 4.69) is 19.8 Å². The van der Waals surface area contributed by atoms with Crippen LogP contribution in [0.25, 0.3) is 11.0 Å². The van der Waals surface area contributed by atoms with Gasteiger partial charge in [0.05, 0.1) is 0 Å². The summed E-state index contributed by atoms with van der Waals surface area (Å²) in [6.45, 7) is 9.84. The predicted molar refractivity (Wildman–Crippen MR) is 121 cm³/mol. The first-order valence-electron chi connectivity index (χ1n) is 9.93. The molecule has 0 unspecified atom stereocenters. The monoisotopic (exact) mass is 541 g/mol. The summed E-state index contributed by atoms with van der Waals surface area (Å²) >= 11 is -2.48. The number of hydrogen-bond acceptors (Lipinski definition) is 6. The second kappa shape index (κ2) is 8.33. The molecule has 170 valence electrons. The van der Waals surface area contributed by atoms with Crippen LogP contribution in [0.4, 0.5) is 20.3 Å². The van der Waals surface area contributed by atoms with Crippen LogP contribution in [0.3, 0.4) is 0 Å². The van der Waals surface area contributed by atoms with E-state index in [1.807, 2.05) is 12.1 Å². The van der Waals surface area contributed by atoms with Gasteiger partial charge in [0.15, 0.2) is 0 Å². The number of carboxylic acid groups (broad SMARTS) is 1. The average Bonchev–Trinajstić information content (AvgIpc) is 2.88. The SMILES string of the molecule is CC(C)(C)OC(=O)N(C(=O)OC(C)(C)C)c1nc2c[c]([Sn]([CH3])([CH3])[CH3])ccc2n1C(=O)O. The molecule has 10 heteroatoms. The molecule has 1 aromatic carbocycles. The molecule has 1 aromatic heterocycles. The molecular formula is C21H31N3O6Sn. The zero-order chi connectivity index (χ0) is 23.9.